The largest absolute Gasteiger partial charge is 0.493 e. The molecule has 2 aliphatic carbocycles. The molecule has 0 radical (unpaired) electrons. The van der Waals surface area contributed by atoms with Crippen LogP contribution in [0.2, 0.25) is 10.0 Å². The molecule has 1 aliphatic heterocycles. The number of hydrogen-bond acceptors (Lipinski definition) is 5. The maximum atomic E-state index is 8.50. The Labute approximate surface area is 216 Å². The quantitative estimate of drug-likeness (QED) is 0.255. The lowest BCUT2D eigenvalue weighted by atomic mass is 9.97. The van der Waals surface area contributed by atoms with E-state index in [0.29, 0.717) is 34.5 Å². The molecule has 0 atom stereocenters. The highest BCUT2D eigenvalue weighted by Crippen LogP contribution is 2.44. The molecule has 9 heteroatoms. The van der Waals surface area contributed by atoms with Gasteiger partial charge in [0.15, 0.2) is 0 Å². The van der Waals surface area contributed by atoms with Gasteiger partial charge in [-0.1, -0.05) is 36.0 Å². The van der Waals surface area contributed by atoms with E-state index in [9.17, 15) is 0 Å². The fourth-order valence-corrected chi connectivity index (χ4v) is 5.53. The third-order valence-electron chi connectivity index (χ3n) is 6.95. The summed E-state index contributed by atoms with van der Waals surface area (Å²) in [6.45, 7) is 3.55. The third-order valence-corrected chi connectivity index (χ3v) is 7.90. The summed E-state index contributed by atoms with van der Waals surface area (Å²) in [6.07, 6.45) is 8.48. The van der Waals surface area contributed by atoms with Crippen LogP contribution >= 0.6 is 36.0 Å². The molecule has 5 rings (SSSR count). The van der Waals surface area contributed by atoms with Crippen molar-refractivity contribution in [1.29, 1.82) is 10.8 Å². The molecule has 0 unspecified atom stereocenters. The van der Waals surface area contributed by atoms with Crippen LogP contribution < -0.4 is 10.2 Å². The smallest absolute Gasteiger partial charge is 0.214 e. The first kappa shape index (κ1) is 24.0. The molecule has 1 saturated heterocycles. The molecular weight excluding hydrogens is 489 g/mol. The summed E-state index contributed by atoms with van der Waals surface area (Å²) in [7, 11) is 0. The Balaban J connectivity index is 1.19. The summed E-state index contributed by atoms with van der Waals surface area (Å²) in [5, 5.41) is 18.4. The van der Waals surface area contributed by atoms with Crippen molar-refractivity contribution in [1.82, 2.24) is 13.8 Å². The molecule has 3 aliphatic rings. The van der Waals surface area contributed by atoms with E-state index in [1.165, 1.54) is 0 Å². The topological polar surface area (TPSA) is 68.3 Å². The predicted octanol–water partition coefficient (Wildman–Crippen LogP) is 5.53. The second-order valence-corrected chi connectivity index (χ2v) is 11.1. The SMILES string of the molecule is N=C(N(S)C1CC1)n1cc(C2CC2)c(OCC2CCN(Cc3cc(Cl)cc(Cl)c3)CC2)cc1=N. The van der Waals surface area contributed by atoms with Crippen molar-refractivity contribution < 1.29 is 4.74 Å². The molecule has 0 spiro atoms. The number of nitrogens with one attached hydrogen (secondary N) is 2. The lowest BCUT2D eigenvalue weighted by molar-refractivity contribution is 0.136. The van der Waals surface area contributed by atoms with E-state index in [0.717, 1.165) is 75.0 Å². The number of halogens is 2. The molecule has 2 saturated carbocycles. The summed E-state index contributed by atoms with van der Waals surface area (Å²) in [5.74, 6) is 2.02. The van der Waals surface area contributed by atoms with E-state index in [1.54, 1.807) is 21.0 Å². The van der Waals surface area contributed by atoms with Crippen LogP contribution in [0.1, 0.15) is 55.6 Å². The number of likely N-dealkylation sites (tertiary alicyclic amines) is 1. The van der Waals surface area contributed by atoms with Gasteiger partial charge >= 0.3 is 0 Å². The molecule has 1 aromatic carbocycles. The number of ether oxygens (including phenoxy) is 1. The lowest BCUT2D eigenvalue weighted by Crippen LogP contribution is -2.37. The Morgan fingerprint density at radius 2 is 1.71 bits per heavy atom. The van der Waals surface area contributed by atoms with Gasteiger partial charge in [-0.05, 0) is 87.2 Å². The number of benzene rings is 1. The lowest BCUT2D eigenvalue weighted by Gasteiger charge is -2.32. The first-order chi connectivity index (χ1) is 16.4. The second-order valence-electron chi connectivity index (χ2n) is 9.83. The third kappa shape index (κ3) is 5.76. The summed E-state index contributed by atoms with van der Waals surface area (Å²) >= 11 is 16.8. The van der Waals surface area contributed by atoms with E-state index in [2.05, 4.69) is 17.7 Å². The van der Waals surface area contributed by atoms with Crippen LogP contribution in [0.25, 0.3) is 0 Å². The zero-order valence-electron chi connectivity index (χ0n) is 19.1. The Hall–Kier alpha value is -1.67. The van der Waals surface area contributed by atoms with Gasteiger partial charge < -0.3 is 4.74 Å². The molecule has 6 nitrogen and oxygen atoms in total. The van der Waals surface area contributed by atoms with Crippen molar-refractivity contribution in [2.24, 2.45) is 5.92 Å². The molecule has 0 amide bonds. The number of aromatic nitrogens is 1. The van der Waals surface area contributed by atoms with Gasteiger partial charge in [0.2, 0.25) is 5.96 Å². The average molecular weight is 521 g/mol. The maximum absolute atomic E-state index is 8.50. The van der Waals surface area contributed by atoms with E-state index >= 15 is 0 Å². The first-order valence-corrected chi connectivity index (χ1v) is 13.2. The Morgan fingerprint density at radius 1 is 1.03 bits per heavy atom. The van der Waals surface area contributed by atoms with Crippen LogP contribution in [-0.4, -0.2) is 45.5 Å². The van der Waals surface area contributed by atoms with Gasteiger partial charge in [0.1, 0.15) is 11.2 Å². The van der Waals surface area contributed by atoms with Crippen LogP contribution in [0.3, 0.4) is 0 Å². The predicted molar refractivity (Wildman–Crippen MR) is 139 cm³/mol. The molecule has 0 bridgehead atoms. The van der Waals surface area contributed by atoms with Crippen molar-refractivity contribution >= 4 is 42.0 Å². The van der Waals surface area contributed by atoms with Crippen LogP contribution in [0.15, 0.2) is 30.5 Å². The highest BCUT2D eigenvalue weighted by molar-refractivity contribution is 7.78. The van der Waals surface area contributed by atoms with Gasteiger partial charge in [0, 0.05) is 40.5 Å². The van der Waals surface area contributed by atoms with E-state index in [4.69, 9.17) is 38.8 Å². The van der Waals surface area contributed by atoms with Crippen molar-refractivity contribution in [3.05, 3.63) is 57.1 Å². The van der Waals surface area contributed by atoms with Crippen LogP contribution in [-0.2, 0) is 6.54 Å². The number of piperidine rings is 1. The van der Waals surface area contributed by atoms with Gasteiger partial charge in [-0.2, -0.15) is 0 Å². The van der Waals surface area contributed by atoms with E-state index < -0.39 is 0 Å². The summed E-state index contributed by atoms with van der Waals surface area (Å²) < 4.78 is 9.62. The van der Waals surface area contributed by atoms with E-state index in [1.807, 2.05) is 18.3 Å². The molecular formula is C25H31Cl2N5OS. The normalized spacial score (nSPS) is 19.3. The Bertz CT molecular complexity index is 1100. The number of pyridine rings is 1. The summed E-state index contributed by atoms with van der Waals surface area (Å²) in [6, 6.07) is 7.84. The Morgan fingerprint density at radius 3 is 2.32 bits per heavy atom. The van der Waals surface area contributed by atoms with Crippen LogP contribution in [0.5, 0.6) is 5.75 Å². The molecule has 34 heavy (non-hydrogen) atoms. The summed E-state index contributed by atoms with van der Waals surface area (Å²) in [5.41, 5.74) is 2.53. The fraction of sp³-hybridized carbons (Fsp3) is 0.520. The maximum Gasteiger partial charge on any atom is 0.214 e. The number of rotatable bonds is 7. The van der Waals surface area contributed by atoms with Gasteiger partial charge in [-0.3, -0.25) is 24.6 Å². The number of thiol groups is 1. The number of hydrogen-bond donors (Lipinski definition) is 3. The standard InChI is InChI=1S/C25H31Cl2N5OS/c26-19-9-17(10-20(27)11-19)13-30-7-5-16(6-8-30)15-33-23-12-24(28)31(14-22(23)18-1-2-18)25(29)32(34)21-3-4-21/h9-12,14,16,18,21,28-29,34H,1-8,13,15H2. The second kappa shape index (κ2) is 10.1. The zero-order valence-corrected chi connectivity index (χ0v) is 21.5. The first-order valence-electron chi connectivity index (χ1n) is 12.1. The molecule has 1 aromatic heterocycles. The van der Waals surface area contributed by atoms with Crippen molar-refractivity contribution in [3.8, 4) is 5.75 Å². The van der Waals surface area contributed by atoms with Crippen molar-refractivity contribution in [2.75, 3.05) is 19.7 Å². The molecule has 3 fully saturated rings. The average Bonchev–Trinajstić information content (AvgIpc) is 3.70. The molecule has 2 heterocycles. The van der Waals surface area contributed by atoms with Crippen LogP contribution in [0, 0.1) is 16.7 Å². The minimum absolute atomic E-state index is 0.248. The van der Waals surface area contributed by atoms with E-state index in [-0.39, 0.29) is 11.4 Å². The Kier molecular flexibility index (Phi) is 7.17. The molecule has 2 aromatic rings. The van der Waals surface area contributed by atoms with Crippen molar-refractivity contribution in [2.45, 2.75) is 57.0 Å². The molecule has 2 N–H and O–H groups in total. The van der Waals surface area contributed by atoms with Crippen molar-refractivity contribution in [3.63, 3.8) is 0 Å². The molecule has 182 valence electrons. The minimum atomic E-state index is 0.248. The fourth-order valence-electron chi connectivity index (χ4n) is 4.63. The number of nitrogens with zero attached hydrogens (tertiary/aromatic N) is 3. The van der Waals surface area contributed by atoms with Gasteiger partial charge in [0.05, 0.1) is 6.61 Å². The highest BCUT2D eigenvalue weighted by Gasteiger charge is 2.32. The zero-order chi connectivity index (χ0) is 23.8. The van der Waals surface area contributed by atoms with Gasteiger partial charge in [0.25, 0.3) is 0 Å². The van der Waals surface area contributed by atoms with Gasteiger partial charge in [-0.25, -0.2) is 0 Å². The van der Waals surface area contributed by atoms with Crippen LogP contribution in [0.4, 0.5) is 0 Å². The van der Waals surface area contributed by atoms with Gasteiger partial charge in [-0.15, -0.1) is 0 Å². The minimum Gasteiger partial charge on any atom is -0.493 e. The monoisotopic (exact) mass is 519 g/mol. The highest BCUT2D eigenvalue weighted by atomic mass is 35.5. The summed E-state index contributed by atoms with van der Waals surface area (Å²) in [4.78, 5) is 2.44.